The molecule has 5 nitrogen and oxygen atoms in total. The van der Waals surface area contributed by atoms with Gasteiger partial charge in [0.1, 0.15) is 0 Å². The van der Waals surface area contributed by atoms with Gasteiger partial charge in [-0.05, 0) is 94.4 Å². The van der Waals surface area contributed by atoms with Gasteiger partial charge in [0, 0.05) is 13.0 Å². The maximum atomic E-state index is 11.1. The van der Waals surface area contributed by atoms with Crippen molar-refractivity contribution in [3.8, 4) is 0 Å². The van der Waals surface area contributed by atoms with Crippen molar-refractivity contribution in [3.05, 3.63) is 114 Å². The van der Waals surface area contributed by atoms with E-state index in [9.17, 15) is 4.79 Å². The molecule has 0 bridgehead atoms. The Hall–Kier alpha value is -3.86. The molecule has 202 valence electrons. The van der Waals surface area contributed by atoms with Crippen molar-refractivity contribution in [1.29, 1.82) is 0 Å². The molecule has 0 amide bonds. The first-order chi connectivity index (χ1) is 17.9. The van der Waals surface area contributed by atoms with Crippen molar-refractivity contribution in [2.24, 2.45) is 10.4 Å². The summed E-state index contributed by atoms with van der Waals surface area (Å²) in [4.78, 5) is 15.7. The molecule has 0 radical (unpaired) electrons. The molecule has 5 heteroatoms. The Morgan fingerprint density at radius 3 is 2.37 bits per heavy atom. The van der Waals surface area contributed by atoms with Crippen LogP contribution < -0.4 is 0 Å². The van der Waals surface area contributed by atoms with Gasteiger partial charge in [0.05, 0.1) is 5.69 Å². The molecule has 0 unspecified atom stereocenters. The Labute approximate surface area is 228 Å². The average Bonchev–Trinajstić information content (AvgIpc) is 2.77. The SMILES string of the molecule is C=C(OC(=C)OC(C=C(C)C=CC=C(C)C=CC1=C(C)CCCC1(C)C)=Nc1cccc(C)c1)OC(C)=O. The lowest BCUT2D eigenvalue weighted by molar-refractivity contribution is -0.142. The lowest BCUT2D eigenvalue weighted by Gasteiger charge is -2.32. The number of carbonyl (C=O) groups is 1. The second-order valence-electron chi connectivity index (χ2n) is 10.3. The largest absolute Gasteiger partial charge is 0.407 e. The summed E-state index contributed by atoms with van der Waals surface area (Å²) in [6, 6.07) is 7.72. The first kappa shape index (κ1) is 30.4. The molecule has 0 fully saturated rings. The Bertz CT molecular complexity index is 1240. The van der Waals surface area contributed by atoms with Crippen LogP contribution in [-0.2, 0) is 19.0 Å². The fraction of sp³-hybridized carbons (Fsp3) is 0.333. The van der Waals surface area contributed by atoms with Gasteiger partial charge in [0.25, 0.3) is 11.9 Å². The third-order valence-corrected chi connectivity index (χ3v) is 6.07. The molecule has 38 heavy (non-hydrogen) atoms. The first-order valence-corrected chi connectivity index (χ1v) is 12.8. The number of benzene rings is 1. The Morgan fingerprint density at radius 2 is 1.71 bits per heavy atom. The summed E-state index contributed by atoms with van der Waals surface area (Å²) in [5, 5.41) is 0. The number of aliphatic imine (C=N–C) groups is 1. The molecule has 0 N–H and O–H groups in total. The quantitative estimate of drug-likeness (QED) is 0.102. The van der Waals surface area contributed by atoms with E-state index in [4.69, 9.17) is 14.2 Å². The number of aryl methyl sites for hydroxylation is 1. The molecule has 0 spiro atoms. The maximum Gasteiger partial charge on any atom is 0.310 e. The maximum absolute atomic E-state index is 11.1. The summed E-state index contributed by atoms with van der Waals surface area (Å²) < 4.78 is 15.8. The molecule has 1 aromatic rings. The van der Waals surface area contributed by atoms with E-state index in [1.165, 1.54) is 37.3 Å². The molecule has 0 aromatic heterocycles. The van der Waals surface area contributed by atoms with Crippen LogP contribution in [-0.4, -0.2) is 11.9 Å². The predicted molar refractivity (Wildman–Crippen MR) is 157 cm³/mol. The van der Waals surface area contributed by atoms with Gasteiger partial charge in [-0.3, -0.25) is 4.79 Å². The van der Waals surface area contributed by atoms with E-state index >= 15 is 0 Å². The number of rotatable bonds is 10. The van der Waals surface area contributed by atoms with Crippen molar-refractivity contribution in [3.63, 3.8) is 0 Å². The topological polar surface area (TPSA) is 57.1 Å². The molecule has 0 atom stereocenters. The van der Waals surface area contributed by atoms with Crippen LogP contribution in [0.15, 0.2) is 113 Å². The summed E-state index contributed by atoms with van der Waals surface area (Å²) in [5.41, 5.74) is 7.01. The zero-order chi connectivity index (χ0) is 28.3. The third kappa shape index (κ3) is 10.6. The standard InChI is InChI=1S/C33H41NO4/c1-23(18-19-31-26(4)16-12-20-33(31,8)9)13-10-14-25(3)22-32(34-30-17-11-15-24(2)21-30)38-29(7)37-28(6)36-27(5)35/h10-11,13-15,17-19,21-22H,6-7,12,16,20H2,1-5,8-9H3. The second kappa shape index (κ2) is 14.2. The number of allylic oxidation sites excluding steroid dienone is 9. The van der Waals surface area contributed by atoms with E-state index in [1.807, 2.05) is 50.3 Å². The highest BCUT2D eigenvalue weighted by Gasteiger charge is 2.26. The highest BCUT2D eigenvalue weighted by atomic mass is 16.8. The molecule has 0 saturated heterocycles. The minimum absolute atomic E-state index is 0.119. The van der Waals surface area contributed by atoms with Crippen LogP contribution >= 0.6 is 0 Å². The smallest absolute Gasteiger partial charge is 0.310 e. The van der Waals surface area contributed by atoms with Gasteiger partial charge in [0.2, 0.25) is 5.90 Å². The Kier molecular flexibility index (Phi) is 11.3. The zero-order valence-corrected chi connectivity index (χ0v) is 23.9. The van der Waals surface area contributed by atoms with Crippen LogP contribution in [0.2, 0.25) is 0 Å². The number of hydrogen-bond acceptors (Lipinski definition) is 5. The number of hydrogen-bond donors (Lipinski definition) is 0. The molecule has 2 rings (SSSR count). The van der Waals surface area contributed by atoms with E-state index in [1.54, 1.807) is 6.08 Å². The highest BCUT2D eigenvalue weighted by Crippen LogP contribution is 2.40. The minimum atomic E-state index is -0.551. The van der Waals surface area contributed by atoms with Crippen molar-refractivity contribution < 1.29 is 19.0 Å². The van der Waals surface area contributed by atoms with E-state index in [0.717, 1.165) is 22.4 Å². The fourth-order valence-electron chi connectivity index (χ4n) is 4.23. The number of ether oxygens (including phenoxy) is 3. The van der Waals surface area contributed by atoms with Crippen LogP contribution in [0.1, 0.15) is 66.4 Å². The number of nitrogens with zero attached hydrogens (tertiary/aromatic N) is 1. The average molecular weight is 516 g/mol. The monoisotopic (exact) mass is 515 g/mol. The predicted octanol–water partition coefficient (Wildman–Crippen LogP) is 9.10. The van der Waals surface area contributed by atoms with Gasteiger partial charge in [-0.15, -0.1) is 0 Å². The summed E-state index contributed by atoms with van der Waals surface area (Å²) in [5.74, 6) is -0.633. The normalized spacial score (nSPS) is 16.7. The minimum Gasteiger partial charge on any atom is -0.407 e. The fourth-order valence-corrected chi connectivity index (χ4v) is 4.23. The van der Waals surface area contributed by atoms with Crippen LogP contribution in [0.3, 0.4) is 0 Å². The number of carbonyl (C=O) groups excluding carboxylic acids is 1. The Balaban J connectivity index is 2.19. The van der Waals surface area contributed by atoms with Gasteiger partial charge in [-0.2, -0.15) is 0 Å². The van der Waals surface area contributed by atoms with Crippen molar-refractivity contribution in [2.45, 2.75) is 67.7 Å². The summed E-state index contributed by atoms with van der Waals surface area (Å²) in [6.45, 7) is 21.4. The molecule has 0 saturated carbocycles. The van der Waals surface area contributed by atoms with E-state index in [-0.39, 0.29) is 23.2 Å². The highest BCUT2D eigenvalue weighted by molar-refractivity contribution is 5.91. The molecule has 1 aromatic carbocycles. The van der Waals surface area contributed by atoms with Gasteiger partial charge in [0.15, 0.2) is 0 Å². The lowest BCUT2D eigenvalue weighted by atomic mass is 9.72. The molecule has 1 aliphatic carbocycles. The van der Waals surface area contributed by atoms with Gasteiger partial charge < -0.3 is 14.2 Å². The van der Waals surface area contributed by atoms with Gasteiger partial charge in [-0.25, -0.2) is 4.99 Å². The molecular formula is C33H41NO4. The first-order valence-electron chi connectivity index (χ1n) is 12.8. The third-order valence-electron chi connectivity index (χ3n) is 6.07. The second-order valence-corrected chi connectivity index (χ2v) is 10.3. The van der Waals surface area contributed by atoms with Crippen LogP contribution in [0.5, 0.6) is 0 Å². The van der Waals surface area contributed by atoms with Crippen LogP contribution in [0.4, 0.5) is 5.69 Å². The van der Waals surface area contributed by atoms with Gasteiger partial charge in [-0.1, -0.05) is 67.5 Å². The van der Waals surface area contributed by atoms with Crippen molar-refractivity contribution in [2.75, 3.05) is 0 Å². The van der Waals surface area contributed by atoms with E-state index in [2.05, 4.69) is 64.1 Å². The van der Waals surface area contributed by atoms with E-state index < -0.39 is 5.97 Å². The van der Waals surface area contributed by atoms with Crippen molar-refractivity contribution in [1.82, 2.24) is 0 Å². The molecule has 0 aliphatic heterocycles. The molecule has 0 heterocycles. The van der Waals surface area contributed by atoms with Crippen molar-refractivity contribution >= 4 is 17.6 Å². The lowest BCUT2D eigenvalue weighted by Crippen LogP contribution is -2.19. The molecule has 1 aliphatic rings. The van der Waals surface area contributed by atoms with Gasteiger partial charge >= 0.3 is 5.97 Å². The van der Waals surface area contributed by atoms with E-state index in [0.29, 0.717) is 0 Å². The molecular weight excluding hydrogens is 474 g/mol. The summed E-state index contributed by atoms with van der Waals surface area (Å²) in [7, 11) is 0. The Morgan fingerprint density at radius 1 is 1.00 bits per heavy atom. The van der Waals surface area contributed by atoms with Crippen LogP contribution in [0, 0.1) is 12.3 Å². The summed E-state index contributed by atoms with van der Waals surface area (Å²) in [6.07, 6.45) is 15.9. The summed E-state index contributed by atoms with van der Waals surface area (Å²) >= 11 is 0. The number of esters is 1. The van der Waals surface area contributed by atoms with Crippen LogP contribution in [0.25, 0.3) is 0 Å². The zero-order valence-electron chi connectivity index (χ0n) is 23.9.